The van der Waals surface area contributed by atoms with Gasteiger partial charge in [-0.25, -0.2) is 4.79 Å². The van der Waals surface area contributed by atoms with Crippen LogP contribution in [0.5, 0.6) is 0 Å². The van der Waals surface area contributed by atoms with Gasteiger partial charge in [0.15, 0.2) is 0 Å². The van der Waals surface area contributed by atoms with Crippen LogP contribution < -0.4 is 0 Å². The maximum absolute atomic E-state index is 12.0. The number of aliphatic hydroxyl groups is 1. The van der Waals surface area contributed by atoms with Gasteiger partial charge in [-0.3, -0.25) is 0 Å². The molecule has 0 bridgehead atoms. The number of rotatable bonds is 2. The Hall–Kier alpha value is -1.04. The van der Waals surface area contributed by atoms with Crippen molar-refractivity contribution in [1.82, 2.24) is 0 Å². The Morgan fingerprint density at radius 3 is 1.77 bits per heavy atom. The van der Waals surface area contributed by atoms with Crippen molar-refractivity contribution in [3.8, 4) is 0 Å². The van der Waals surface area contributed by atoms with Crippen molar-refractivity contribution >= 4 is 5.97 Å². The third-order valence-corrected chi connectivity index (χ3v) is 1.26. The Bertz CT molecular complexity index is 240. The number of alkyl halides is 3. The van der Waals surface area contributed by atoms with E-state index in [-0.39, 0.29) is 11.6 Å². The molecule has 0 aromatic rings. The largest absolute Gasteiger partial charge is 0.479 e. The van der Waals surface area contributed by atoms with Crippen LogP contribution in [0.1, 0.15) is 13.8 Å². The van der Waals surface area contributed by atoms with E-state index in [0.717, 1.165) is 0 Å². The molecule has 0 heterocycles. The fraction of sp³-hybridized carbons (Fsp3) is 0.571. The van der Waals surface area contributed by atoms with E-state index in [1.165, 1.54) is 13.8 Å². The molecule has 0 aromatic heterocycles. The summed E-state index contributed by atoms with van der Waals surface area (Å²) in [4.78, 5) is 10.2. The van der Waals surface area contributed by atoms with Crippen LogP contribution in [0.15, 0.2) is 11.6 Å². The summed E-state index contributed by atoms with van der Waals surface area (Å²) >= 11 is 0. The summed E-state index contributed by atoms with van der Waals surface area (Å²) in [6, 6.07) is 0. The van der Waals surface area contributed by atoms with Gasteiger partial charge in [-0.2, -0.15) is 13.2 Å². The van der Waals surface area contributed by atoms with Gasteiger partial charge in [0, 0.05) is 0 Å². The monoisotopic (exact) mass is 198 g/mol. The molecule has 0 aliphatic rings. The van der Waals surface area contributed by atoms with Crippen molar-refractivity contribution < 1.29 is 28.2 Å². The zero-order chi connectivity index (χ0) is 10.9. The first-order valence-electron chi connectivity index (χ1n) is 3.30. The van der Waals surface area contributed by atoms with Gasteiger partial charge in [0.05, 0.1) is 0 Å². The standard InChI is InChI=1S/C7H9F3O3/c1-4(2)3-6(13,5(11)12)7(8,9)10/h3,13H,1-2H3,(H,11,12)/t6-/m1/s1. The smallest absolute Gasteiger partial charge is 0.431 e. The SMILES string of the molecule is CC(C)=C[C@@](O)(C(=O)O)C(F)(F)F. The van der Waals surface area contributed by atoms with Crippen LogP contribution in [-0.2, 0) is 4.79 Å². The van der Waals surface area contributed by atoms with Crippen LogP contribution in [-0.4, -0.2) is 28.0 Å². The number of carboxylic acids is 1. The van der Waals surface area contributed by atoms with Gasteiger partial charge in [0.1, 0.15) is 0 Å². The van der Waals surface area contributed by atoms with Crippen molar-refractivity contribution in [2.24, 2.45) is 0 Å². The predicted octanol–water partition coefficient (Wildman–Crippen LogP) is 1.33. The van der Waals surface area contributed by atoms with Gasteiger partial charge >= 0.3 is 12.1 Å². The summed E-state index contributed by atoms with van der Waals surface area (Å²) in [5.41, 5.74) is -3.71. The number of carboxylic acid groups (broad SMARTS) is 1. The highest BCUT2D eigenvalue weighted by Crippen LogP contribution is 2.32. The Morgan fingerprint density at radius 2 is 1.69 bits per heavy atom. The minimum atomic E-state index is -5.21. The average molecular weight is 198 g/mol. The van der Waals surface area contributed by atoms with E-state index in [1.54, 1.807) is 0 Å². The number of allylic oxidation sites excluding steroid dienone is 1. The van der Waals surface area contributed by atoms with Crippen molar-refractivity contribution in [1.29, 1.82) is 0 Å². The van der Waals surface area contributed by atoms with Crippen molar-refractivity contribution in [3.63, 3.8) is 0 Å². The molecule has 0 spiro atoms. The maximum Gasteiger partial charge on any atom is 0.431 e. The predicted molar refractivity (Wildman–Crippen MR) is 38.1 cm³/mol. The molecule has 0 radical (unpaired) electrons. The van der Waals surface area contributed by atoms with Crippen LogP contribution in [0, 0.1) is 0 Å². The van der Waals surface area contributed by atoms with Gasteiger partial charge in [0.2, 0.25) is 0 Å². The normalized spacial score (nSPS) is 16.2. The quantitative estimate of drug-likeness (QED) is 0.658. The van der Waals surface area contributed by atoms with Crippen molar-refractivity contribution in [2.75, 3.05) is 0 Å². The summed E-state index contributed by atoms with van der Waals surface area (Å²) in [7, 11) is 0. The van der Waals surface area contributed by atoms with Crippen LogP contribution in [0.2, 0.25) is 0 Å². The lowest BCUT2D eigenvalue weighted by Crippen LogP contribution is -2.50. The fourth-order valence-electron chi connectivity index (χ4n) is 0.683. The first kappa shape index (κ1) is 12.0. The van der Waals surface area contributed by atoms with E-state index >= 15 is 0 Å². The molecule has 0 aliphatic heterocycles. The molecule has 0 aromatic carbocycles. The number of hydrogen-bond donors (Lipinski definition) is 2. The third kappa shape index (κ3) is 2.45. The first-order chi connectivity index (χ1) is 5.61. The molecule has 6 heteroatoms. The minimum absolute atomic E-state index is 0.0715. The molecule has 0 saturated carbocycles. The molecule has 0 fully saturated rings. The summed E-state index contributed by atoms with van der Waals surface area (Å²) in [5.74, 6) is -2.33. The lowest BCUT2D eigenvalue weighted by atomic mass is 10.0. The lowest BCUT2D eigenvalue weighted by molar-refractivity contribution is -0.243. The molecule has 0 aliphatic carbocycles. The van der Waals surface area contributed by atoms with Gasteiger partial charge in [-0.1, -0.05) is 5.57 Å². The van der Waals surface area contributed by atoms with Crippen LogP contribution in [0.4, 0.5) is 13.2 Å². The molecule has 0 saturated heterocycles. The highest BCUT2D eigenvalue weighted by atomic mass is 19.4. The van der Waals surface area contributed by atoms with E-state index < -0.39 is 17.7 Å². The molecule has 2 N–H and O–H groups in total. The average Bonchev–Trinajstić information content (AvgIpc) is 1.82. The molecule has 13 heavy (non-hydrogen) atoms. The fourth-order valence-corrected chi connectivity index (χ4v) is 0.683. The van der Waals surface area contributed by atoms with Crippen LogP contribution in [0.25, 0.3) is 0 Å². The van der Waals surface area contributed by atoms with E-state index in [2.05, 4.69) is 0 Å². The zero-order valence-corrected chi connectivity index (χ0v) is 7.01. The Morgan fingerprint density at radius 1 is 1.31 bits per heavy atom. The van der Waals surface area contributed by atoms with Crippen molar-refractivity contribution in [2.45, 2.75) is 25.6 Å². The Labute approximate surface area is 72.5 Å². The second-order valence-electron chi connectivity index (χ2n) is 2.79. The highest BCUT2D eigenvalue weighted by molar-refractivity contribution is 5.81. The Balaban J connectivity index is 5.22. The second kappa shape index (κ2) is 3.37. The second-order valence-corrected chi connectivity index (χ2v) is 2.79. The lowest BCUT2D eigenvalue weighted by Gasteiger charge is -2.22. The van der Waals surface area contributed by atoms with Gasteiger partial charge in [-0.05, 0) is 19.9 Å². The summed E-state index contributed by atoms with van der Waals surface area (Å²) < 4.78 is 36.1. The van der Waals surface area contributed by atoms with Crippen molar-refractivity contribution in [3.05, 3.63) is 11.6 Å². The van der Waals surface area contributed by atoms with E-state index in [0.29, 0.717) is 0 Å². The van der Waals surface area contributed by atoms with E-state index in [9.17, 15) is 18.0 Å². The number of hydrogen-bond acceptors (Lipinski definition) is 2. The minimum Gasteiger partial charge on any atom is -0.479 e. The maximum atomic E-state index is 12.0. The Kier molecular flexibility index (Phi) is 3.10. The topological polar surface area (TPSA) is 57.5 Å². The molecule has 0 amide bonds. The molecule has 0 unspecified atom stereocenters. The molecule has 76 valence electrons. The number of aliphatic carboxylic acids is 1. The van der Waals surface area contributed by atoms with Crippen LogP contribution >= 0.6 is 0 Å². The first-order valence-corrected chi connectivity index (χ1v) is 3.30. The van der Waals surface area contributed by atoms with Gasteiger partial charge in [-0.15, -0.1) is 0 Å². The number of halogens is 3. The molecule has 1 atom stereocenters. The summed E-state index contributed by atoms with van der Waals surface area (Å²) in [5, 5.41) is 17.0. The zero-order valence-electron chi connectivity index (χ0n) is 7.01. The highest BCUT2D eigenvalue weighted by Gasteiger charge is 2.58. The van der Waals surface area contributed by atoms with Gasteiger partial charge < -0.3 is 10.2 Å². The number of carbonyl (C=O) groups is 1. The van der Waals surface area contributed by atoms with Crippen LogP contribution in [0.3, 0.4) is 0 Å². The van der Waals surface area contributed by atoms with E-state index in [1.807, 2.05) is 0 Å². The third-order valence-electron chi connectivity index (χ3n) is 1.26. The molecule has 0 rings (SSSR count). The summed E-state index contributed by atoms with van der Waals surface area (Å²) in [6.07, 6.45) is -4.95. The molecule has 3 nitrogen and oxygen atoms in total. The molecular weight excluding hydrogens is 189 g/mol. The van der Waals surface area contributed by atoms with E-state index in [4.69, 9.17) is 10.2 Å². The van der Waals surface area contributed by atoms with Gasteiger partial charge in [0.25, 0.3) is 5.60 Å². The molecular formula is C7H9F3O3. The summed E-state index contributed by atoms with van der Waals surface area (Å²) in [6.45, 7) is 2.53.